The first-order valence-corrected chi connectivity index (χ1v) is 9.23. The number of anilines is 1. The van der Waals surface area contributed by atoms with Gasteiger partial charge in [0.25, 0.3) is 5.91 Å². The Balaban J connectivity index is 1.68. The summed E-state index contributed by atoms with van der Waals surface area (Å²) < 4.78 is 0. The number of hydrogen-bond acceptors (Lipinski definition) is 7. The largest absolute Gasteiger partial charge is 0.396 e. The summed E-state index contributed by atoms with van der Waals surface area (Å²) >= 11 is 1.52. The summed E-state index contributed by atoms with van der Waals surface area (Å²) in [4.78, 5) is 24.5. The van der Waals surface area contributed by atoms with Crippen molar-refractivity contribution in [3.63, 3.8) is 0 Å². The first-order valence-electron chi connectivity index (χ1n) is 8.35. The van der Waals surface area contributed by atoms with Crippen LogP contribution in [-0.4, -0.2) is 31.1 Å². The molecule has 28 heavy (non-hydrogen) atoms. The number of nitrogens with zero attached hydrogens (tertiary/aromatic N) is 4. The van der Waals surface area contributed by atoms with E-state index in [9.17, 15) is 4.79 Å². The number of imidazole rings is 1. The number of H-pyrrole nitrogens is 1. The van der Waals surface area contributed by atoms with Gasteiger partial charge in [0, 0.05) is 17.1 Å². The minimum atomic E-state index is -0.702. The van der Waals surface area contributed by atoms with Crippen molar-refractivity contribution in [3.8, 4) is 21.8 Å². The normalized spacial score (nSPS) is 11.3. The highest BCUT2D eigenvalue weighted by Crippen LogP contribution is 2.32. The van der Waals surface area contributed by atoms with Crippen molar-refractivity contribution >= 4 is 44.9 Å². The lowest BCUT2D eigenvalue weighted by Gasteiger charge is -2.09. The summed E-state index contributed by atoms with van der Waals surface area (Å²) in [6.45, 7) is 0. The number of hydrogen-bond donors (Lipinski definition) is 3. The van der Waals surface area contributed by atoms with Crippen LogP contribution in [0.5, 0.6) is 0 Å². The van der Waals surface area contributed by atoms with Gasteiger partial charge in [0.2, 0.25) is 0 Å². The second-order valence-electron chi connectivity index (χ2n) is 6.21. The van der Waals surface area contributed by atoms with Crippen LogP contribution in [0.3, 0.4) is 0 Å². The number of rotatable bonds is 3. The molecule has 2 aromatic carbocycles. The van der Waals surface area contributed by atoms with E-state index in [1.165, 1.54) is 11.3 Å². The van der Waals surface area contributed by atoms with Crippen LogP contribution < -0.4 is 11.5 Å². The Morgan fingerprint density at radius 2 is 2.04 bits per heavy atom. The summed E-state index contributed by atoms with van der Waals surface area (Å²) in [5, 5.41) is 8.75. The van der Waals surface area contributed by atoms with Crippen molar-refractivity contribution in [2.75, 3.05) is 5.73 Å². The summed E-state index contributed by atoms with van der Waals surface area (Å²) in [5.74, 6) is 0.0782. The molecule has 3 aromatic heterocycles. The third-order valence-corrected chi connectivity index (χ3v) is 5.30. The van der Waals surface area contributed by atoms with Crippen LogP contribution in [0.4, 0.5) is 5.69 Å². The van der Waals surface area contributed by atoms with Crippen LogP contribution in [0.25, 0.3) is 43.8 Å². The zero-order valence-corrected chi connectivity index (χ0v) is 15.2. The lowest BCUT2D eigenvalue weighted by molar-refractivity contribution is 0.0996. The Labute approximate surface area is 162 Å². The topological polar surface area (TPSA) is 136 Å². The van der Waals surface area contributed by atoms with Gasteiger partial charge >= 0.3 is 0 Å². The Morgan fingerprint density at radius 3 is 2.82 bits per heavy atom. The molecule has 0 unspecified atom stereocenters. The molecule has 0 radical (unpaired) electrons. The van der Waals surface area contributed by atoms with Crippen LogP contribution in [0, 0.1) is 0 Å². The van der Waals surface area contributed by atoms with E-state index in [4.69, 9.17) is 11.5 Å². The Kier molecular flexibility index (Phi) is 3.56. The fourth-order valence-electron chi connectivity index (χ4n) is 3.19. The van der Waals surface area contributed by atoms with E-state index < -0.39 is 5.91 Å². The van der Waals surface area contributed by atoms with E-state index in [1.54, 1.807) is 17.8 Å². The molecular formula is C19H13N7OS. The number of nitrogen functional groups attached to an aromatic ring is 1. The number of aromatic amines is 1. The monoisotopic (exact) mass is 387 g/mol. The Bertz CT molecular complexity index is 1360. The third-order valence-electron chi connectivity index (χ3n) is 4.52. The van der Waals surface area contributed by atoms with Gasteiger partial charge in [-0.3, -0.25) is 9.78 Å². The fraction of sp³-hybridized carbons (Fsp3) is 0. The molecule has 9 heteroatoms. The van der Waals surface area contributed by atoms with Crippen molar-refractivity contribution in [1.29, 1.82) is 0 Å². The maximum atomic E-state index is 11.5. The van der Waals surface area contributed by atoms with Crippen LogP contribution >= 0.6 is 11.3 Å². The maximum absolute atomic E-state index is 11.5. The van der Waals surface area contributed by atoms with Crippen LogP contribution in [0.2, 0.25) is 0 Å². The molecule has 0 aliphatic heterocycles. The minimum absolute atomic E-state index is 0.0251. The zero-order chi connectivity index (χ0) is 19.3. The summed E-state index contributed by atoms with van der Waals surface area (Å²) in [6.07, 6.45) is 1.78. The molecule has 0 aliphatic carbocycles. The van der Waals surface area contributed by atoms with Gasteiger partial charge in [0.05, 0.1) is 27.1 Å². The van der Waals surface area contributed by atoms with Crippen molar-refractivity contribution in [1.82, 2.24) is 25.1 Å². The number of nitrogens with two attached hydrogens (primary N) is 2. The van der Waals surface area contributed by atoms with Crippen molar-refractivity contribution in [3.05, 3.63) is 53.8 Å². The van der Waals surface area contributed by atoms with E-state index in [1.807, 2.05) is 30.3 Å². The lowest BCUT2D eigenvalue weighted by Crippen LogP contribution is -2.16. The Hall–Kier alpha value is -3.85. The van der Waals surface area contributed by atoms with Gasteiger partial charge < -0.3 is 16.5 Å². The van der Waals surface area contributed by atoms with Crippen molar-refractivity contribution in [2.24, 2.45) is 5.73 Å². The van der Waals surface area contributed by atoms with Gasteiger partial charge in [-0.1, -0.05) is 24.3 Å². The molecular weight excluding hydrogens is 374 g/mol. The standard InChI is InChI=1S/C19H13N7OS/c20-15-11-3-1-2-10(16(11)25-26-17(15)18(21)27)9-4-5-12-13(6-9)24-19(23-12)14-7-22-8-28-14/h1-8H,(H2,20,25)(H2,21,27)(H,23,24). The maximum Gasteiger partial charge on any atom is 0.271 e. The van der Waals surface area contributed by atoms with Crippen molar-refractivity contribution < 1.29 is 4.79 Å². The number of primary amides is 1. The van der Waals surface area contributed by atoms with Crippen LogP contribution in [-0.2, 0) is 0 Å². The molecule has 0 fully saturated rings. The molecule has 0 spiro atoms. The van der Waals surface area contributed by atoms with E-state index >= 15 is 0 Å². The van der Waals surface area contributed by atoms with Gasteiger partial charge in [-0.15, -0.1) is 21.5 Å². The third kappa shape index (κ3) is 2.48. The number of nitrogens with one attached hydrogen (secondary N) is 1. The van der Waals surface area contributed by atoms with E-state index in [0.717, 1.165) is 32.9 Å². The van der Waals surface area contributed by atoms with E-state index in [2.05, 4.69) is 25.1 Å². The van der Waals surface area contributed by atoms with Crippen LogP contribution in [0.1, 0.15) is 10.5 Å². The predicted octanol–water partition coefficient (Wildman–Crippen LogP) is 2.98. The highest BCUT2D eigenvalue weighted by atomic mass is 32.1. The van der Waals surface area contributed by atoms with Crippen LogP contribution in [0.15, 0.2) is 48.1 Å². The second-order valence-corrected chi connectivity index (χ2v) is 7.10. The fourth-order valence-corrected chi connectivity index (χ4v) is 3.76. The second kappa shape index (κ2) is 6.10. The molecule has 0 bridgehead atoms. The predicted molar refractivity (Wildman–Crippen MR) is 109 cm³/mol. The SMILES string of the molecule is NC(=O)c1nnc2c(-c3ccc4nc(-c5cncs5)[nH]c4c3)cccc2c1N. The van der Waals surface area contributed by atoms with Gasteiger partial charge in [-0.25, -0.2) is 4.98 Å². The number of amides is 1. The molecule has 1 amide bonds. The first-order chi connectivity index (χ1) is 13.6. The molecule has 136 valence electrons. The van der Waals surface area contributed by atoms with Gasteiger partial charge in [-0.05, 0) is 17.7 Å². The van der Waals surface area contributed by atoms with Crippen molar-refractivity contribution in [2.45, 2.75) is 0 Å². The number of aromatic nitrogens is 5. The minimum Gasteiger partial charge on any atom is -0.396 e. The molecule has 5 rings (SSSR count). The van der Waals surface area contributed by atoms with E-state index in [-0.39, 0.29) is 11.4 Å². The molecule has 0 aliphatic rings. The molecule has 8 nitrogen and oxygen atoms in total. The quantitative estimate of drug-likeness (QED) is 0.435. The average Bonchev–Trinajstić information content (AvgIpc) is 3.36. The van der Waals surface area contributed by atoms with Gasteiger partial charge in [0.1, 0.15) is 11.3 Å². The molecule has 0 saturated heterocycles. The molecule has 0 saturated carbocycles. The average molecular weight is 387 g/mol. The smallest absolute Gasteiger partial charge is 0.271 e. The first kappa shape index (κ1) is 16.3. The zero-order valence-electron chi connectivity index (χ0n) is 14.4. The molecule has 3 heterocycles. The number of fused-ring (bicyclic) bond motifs is 2. The highest BCUT2D eigenvalue weighted by molar-refractivity contribution is 7.13. The molecule has 5 aromatic rings. The van der Waals surface area contributed by atoms with Gasteiger partial charge in [0.15, 0.2) is 5.69 Å². The molecule has 5 N–H and O–H groups in total. The van der Waals surface area contributed by atoms with E-state index in [0.29, 0.717) is 10.9 Å². The van der Waals surface area contributed by atoms with Gasteiger partial charge in [-0.2, -0.15) is 0 Å². The summed E-state index contributed by atoms with van der Waals surface area (Å²) in [6, 6.07) is 11.5. The summed E-state index contributed by atoms with van der Waals surface area (Å²) in [7, 11) is 0. The highest BCUT2D eigenvalue weighted by Gasteiger charge is 2.16. The number of carbonyl (C=O) groups excluding carboxylic acids is 1. The lowest BCUT2D eigenvalue weighted by atomic mass is 10.0. The number of thiazole rings is 1. The number of carbonyl (C=O) groups is 1. The Morgan fingerprint density at radius 1 is 1.14 bits per heavy atom. The molecule has 0 atom stereocenters. The summed E-state index contributed by atoms with van der Waals surface area (Å²) in [5.41, 5.74) is 17.5. The number of benzene rings is 2.